The third-order valence-corrected chi connectivity index (χ3v) is 4.16. The van der Waals surface area contributed by atoms with E-state index < -0.39 is 5.97 Å². The number of carbonyl (C=O) groups is 1. The van der Waals surface area contributed by atoms with Crippen LogP contribution in [0, 0.1) is 13.8 Å². The van der Waals surface area contributed by atoms with Gasteiger partial charge in [-0.05, 0) is 25.5 Å². The number of hydrogen-bond donors (Lipinski definition) is 1. The Morgan fingerprint density at radius 1 is 1.29 bits per heavy atom. The van der Waals surface area contributed by atoms with Crippen LogP contribution in [0.25, 0.3) is 16.6 Å². The molecule has 0 saturated heterocycles. The van der Waals surface area contributed by atoms with Crippen LogP contribution in [0.3, 0.4) is 0 Å². The van der Waals surface area contributed by atoms with Crippen LogP contribution < -0.4 is 0 Å². The van der Waals surface area contributed by atoms with Crippen LogP contribution in [0.2, 0.25) is 0 Å². The summed E-state index contributed by atoms with van der Waals surface area (Å²) in [6, 6.07) is 9.13. The van der Waals surface area contributed by atoms with Crippen LogP contribution in [0.4, 0.5) is 0 Å². The first-order chi connectivity index (χ1) is 10.1. The van der Waals surface area contributed by atoms with Gasteiger partial charge in [0.2, 0.25) is 0 Å². The van der Waals surface area contributed by atoms with Crippen molar-refractivity contribution in [3.05, 3.63) is 58.4 Å². The number of nitrogens with zero attached hydrogens (tertiary/aromatic N) is 2. The SMILES string of the molecule is Cc1cn2c(/C=C(\C(=O)O)c3ccccc3)c(C)nc2s1. The summed E-state index contributed by atoms with van der Waals surface area (Å²) in [6.45, 7) is 3.91. The maximum Gasteiger partial charge on any atom is 0.336 e. The van der Waals surface area contributed by atoms with Crippen LogP contribution in [0.1, 0.15) is 21.8 Å². The molecule has 0 atom stereocenters. The van der Waals surface area contributed by atoms with Gasteiger partial charge in [0.1, 0.15) is 0 Å². The van der Waals surface area contributed by atoms with Crippen molar-refractivity contribution in [2.24, 2.45) is 0 Å². The first kappa shape index (κ1) is 13.6. The molecule has 0 radical (unpaired) electrons. The Morgan fingerprint density at radius 3 is 2.67 bits per heavy atom. The van der Waals surface area contributed by atoms with Gasteiger partial charge in [0.25, 0.3) is 0 Å². The van der Waals surface area contributed by atoms with Crippen molar-refractivity contribution in [1.82, 2.24) is 9.38 Å². The topological polar surface area (TPSA) is 54.6 Å². The second-order valence-electron chi connectivity index (χ2n) is 4.81. The number of carboxylic acid groups (broad SMARTS) is 1. The standard InChI is InChI=1S/C16H14N2O2S/c1-10-9-18-14(11(2)17-16(18)21-10)8-13(15(19)20)12-6-4-3-5-7-12/h3-9H,1-2H3,(H,19,20)/b13-8-. The molecular formula is C16H14N2O2S. The molecule has 0 unspecified atom stereocenters. The van der Waals surface area contributed by atoms with E-state index in [-0.39, 0.29) is 5.57 Å². The number of imidazole rings is 1. The van der Waals surface area contributed by atoms with Gasteiger partial charge >= 0.3 is 5.97 Å². The van der Waals surface area contributed by atoms with Crippen LogP contribution in [0.15, 0.2) is 36.5 Å². The van der Waals surface area contributed by atoms with Crippen molar-refractivity contribution >= 4 is 33.9 Å². The maximum absolute atomic E-state index is 11.6. The highest BCUT2D eigenvalue weighted by Crippen LogP contribution is 2.25. The largest absolute Gasteiger partial charge is 0.478 e. The number of aromatic nitrogens is 2. The van der Waals surface area contributed by atoms with E-state index in [1.54, 1.807) is 29.5 Å². The summed E-state index contributed by atoms with van der Waals surface area (Å²) in [7, 11) is 0. The molecule has 0 fully saturated rings. The van der Waals surface area contributed by atoms with Crippen molar-refractivity contribution in [2.75, 3.05) is 0 Å². The van der Waals surface area contributed by atoms with Gasteiger partial charge in [-0.2, -0.15) is 0 Å². The number of aryl methyl sites for hydroxylation is 2. The average Bonchev–Trinajstić information content (AvgIpc) is 2.92. The summed E-state index contributed by atoms with van der Waals surface area (Å²) in [6.07, 6.45) is 3.68. The number of carboxylic acids is 1. The molecule has 0 aliphatic carbocycles. The summed E-state index contributed by atoms with van der Waals surface area (Å²) >= 11 is 1.59. The van der Waals surface area contributed by atoms with Gasteiger partial charge in [-0.25, -0.2) is 9.78 Å². The average molecular weight is 298 g/mol. The fourth-order valence-corrected chi connectivity index (χ4v) is 3.16. The molecule has 3 rings (SSSR count). The van der Waals surface area contributed by atoms with E-state index in [0.29, 0.717) is 5.56 Å². The zero-order chi connectivity index (χ0) is 15.0. The summed E-state index contributed by atoms with van der Waals surface area (Å²) in [5.41, 5.74) is 2.60. The first-order valence-electron chi connectivity index (χ1n) is 6.52. The highest BCUT2D eigenvalue weighted by atomic mass is 32.1. The molecule has 1 N–H and O–H groups in total. The Hall–Kier alpha value is -2.40. The molecule has 0 aliphatic heterocycles. The molecule has 21 heavy (non-hydrogen) atoms. The number of rotatable bonds is 3. The van der Waals surface area contributed by atoms with Gasteiger partial charge in [-0.3, -0.25) is 4.40 Å². The monoisotopic (exact) mass is 298 g/mol. The Bertz CT molecular complexity index is 844. The van der Waals surface area contributed by atoms with Crippen LogP contribution in [0.5, 0.6) is 0 Å². The lowest BCUT2D eigenvalue weighted by Crippen LogP contribution is -2.00. The molecule has 0 aliphatic rings. The normalized spacial score (nSPS) is 12.0. The van der Waals surface area contributed by atoms with Crippen LogP contribution in [-0.2, 0) is 4.79 Å². The van der Waals surface area contributed by atoms with E-state index in [1.165, 1.54) is 0 Å². The molecule has 0 saturated carbocycles. The lowest BCUT2D eigenvalue weighted by Gasteiger charge is -2.03. The Labute approximate surface area is 126 Å². The zero-order valence-electron chi connectivity index (χ0n) is 11.7. The van der Waals surface area contributed by atoms with Gasteiger partial charge in [0.15, 0.2) is 4.96 Å². The molecular weight excluding hydrogens is 284 g/mol. The van der Waals surface area contributed by atoms with Gasteiger partial charge in [0.05, 0.1) is 17.0 Å². The minimum Gasteiger partial charge on any atom is -0.478 e. The van der Waals surface area contributed by atoms with E-state index in [4.69, 9.17) is 0 Å². The highest BCUT2D eigenvalue weighted by molar-refractivity contribution is 7.17. The summed E-state index contributed by atoms with van der Waals surface area (Å²) < 4.78 is 1.95. The predicted molar refractivity (Wildman–Crippen MR) is 84.5 cm³/mol. The molecule has 2 aromatic heterocycles. The van der Waals surface area contributed by atoms with E-state index in [2.05, 4.69) is 4.98 Å². The van der Waals surface area contributed by atoms with Crippen molar-refractivity contribution in [2.45, 2.75) is 13.8 Å². The minimum atomic E-state index is -0.942. The van der Waals surface area contributed by atoms with Gasteiger partial charge in [-0.15, -0.1) is 11.3 Å². The number of thiazole rings is 1. The van der Waals surface area contributed by atoms with Gasteiger partial charge in [-0.1, -0.05) is 30.3 Å². The van der Waals surface area contributed by atoms with Crippen molar-refractivity contribution < 1.29 is 9.90 Å². The number of benzene rings is 1. The summed E-state index contributed by atoms with van der Waals surface area (Å²) in [4.78, 5) is 18.1. The lowest BCUT2D eigenvalue weighted by molar-refractivity contribution is -0.130. The lowest BCUT2D eigenvalue weighted by atomic mass is 10.0. The van der Waals surface area contributed by atoms with Crippen molar-refractivity contribution in [1.29, 1.82) is 0 Å². The number of aliphatic carboxylic acids is 1. The highest BCUT2D eigenvalue weighted by Gasteiger charge is 2.14. The Balaban J connectivity index is 2.20. The fourth-order valence-electron chi connectivity index (χ4n) is 2.28. The van der Waals surface area contributed by atoms with Crippen LogP contribution >= 0.6 is 11.3 Å². The molecule has 3 aromatic rings. The van der Waals surface area contributed by atoms with Gasteiger partial charge in [0, 0.05) is 11.1 Å². The van der Waals surface area contributed by atoms with Crippen LogP contribution in [-0.4, -0.2) is 20.5 Å². The number of hydrogen-bond acceptors (Lipinski definition) is 3. The van der Waals surface area contributed by atoms with E-state index in [1.807, 2.05) is 42.6 Å². The Kier molecular flexibility index (Phi) is 3.35. The predicted octanol–water partition coefficient (Wildman–Crippen LogP) is 3.64. The molecule has 0 spiro atoms. The van der Waals surface area contributed by atoms with E-state index >= 15 is 0 Å². The van der Waals surface area contributed by atoms with Crippen molar-refractivity contribution in [3.63, 3.8) is 0 Å². The third kappa shape index (κ3) is 2.48. The molecule has 5 heteroatoms. The third-order valence-electron chi connectivity index (χ3n) is 3.26. The van der Waals surface area contributed by atoms with Gasteiger partial charge < -0.3 is 5.11 Å². The van der Waals surface area contributed by atoms with E-state index in [0.717, 1.165) is 21.2 Å². The minimum absolute atomic E-state index is 0.268. The maximum atomic E-state index is 11.6. The zero-order valence-corrected chi connectivity index (χ0v) is 12.5. The Morgan fingerprint density at radius 2 is 2.00 bits per heavy atom. The fraction of sp³-hybridized carbons (Fsp3) is 0.125. The molecule has 106 valence electrons. The molecule has 2 heterocycles. The molecule has 0 amide bonds. The molecule has 4 nitrogen and oxygen atoms in total. The first-order valence-corrected chi connectivity index (χ1v) is 7.33. The second-order valence-corrected chi connectivity index (χ2v) is 6.02. The quantitative estimate of drug-likeness (QED) is 0.751. The summed E-state index contributed by atoms with van der Waals surface area (Å²) in [5, 5.41) is 9.50. The smallest absolute Gasteiger partial charge is 0.336 e. The number of fused-ring (bicyclic) bond motifs is 1. The van der Waals surface area contributed by atoms with Crippen molar-refractivity contribution in [3.8, 4) is 0 Å². The second kappa shape index (κ2) is 5.18. The summed E-state index contributed by atoms with van der Waals surface area (Å²) in [5.74, 6) is -0.942. The molecule has 0 bridgehead atoms. The van der Waals surface area contributed by atoms with E-state index in [9.17, 15) is 9.90 Å². The molecule has 1 aromatic carbocycles.